The summed E-state index contributed by atoms with van der Waals surface area (Å²) in [5.74, 6) is -0.179. The molecule has 0 atom stereocenters. The van der Waals surface area contributed by atoms with E-state index in [1.54, 1.807) is 30.3 Å². The molecule has 25 heavy (non-hydrogen) atoms. The van der Waals surface area contributed by atoms with Crippen molar-refractivity contribution in [1.82, 2.24) is 0 Å². The molecular formula is C18H13F3N2O2. The maximum Gasteiger partial charge on any atom is 0.416 e. The van der Waals surface area contributed by atoms with Crippen LogP contribution >= 0.6 is 0 Å². The highest BCUT2D eigenvalue weighted by atomic mass is 19.4. The molecule has 0 heterocycles. The Bertz CT molecular complexity index is 835. The number of nitrogens with zero attached hydrogens (tertiary/aromatic N) is 1. The van der Waals surface area contributed by atoms with Gasteiger partial charge in [-0.1, -0.05) is 18.2 Å². The summed E-state index contributed by atoms with van der Waals surface area (Å²) in [6.45, 7) is 0. The van der Waals surface area contributed by atoms with Gasteiger partial charge in [0, 0.05) is 5.69 Å². The Morgan fingerprint density at radius 2 is 1.88 bits per heavy atom. The minimum absolute atomic E-state index is 0.0456. The number of benzene rings is 2. The Kier molecular flexibility index (Phi) is 5.45. The van der Waals surface area contributed by atoms with Crippen molar-refractivity contribution < 1.29 is 22.7 Å². The van der Waals surface area contributed by atoms with Gasteiger partial charge in [-0.15, -0.1) is 0 Å². The number of halogens is 3. The molecule has 0 saturated heterocycles. The van der Waals surface area contributed by atoms with E-state index in [0.717, 1.165) is 12.1 Å². The number of nitriles is 1. The first-order valence-electron chi connectivity index (χ1n) is 7.08. The molecule has 0 aliphatic carbocycles. The summed E-state index contributed by atoms with van der Waals surface area (Å²) in [7, 11) is 1.51. The molecule has 2 rings (SSSR count). The van der Waals surface area contributed by atoms with Crippen LogP contribution in [0.25, 0.3) is 6.08 Å². The number of hydrogen-bond acceptors (Lipinski definition) is 3. The summed E-state index contributed by atoms with van der Waals surface area (Å²) in [6.07, 6.45) is -3.18. The Hall–Kier alpha value is -3.27. The number of carbonyl (C=O) groups excluding carboxylic acids is 1. The maximum atomic E-state index is 12.7. The van der Waals surface area contributed by atoms with Gasteiger partial charge in [-0.2, -0.15) is 18.4 Å². The van der Waals surface area contributed by atoms with Crippen LogP contribution in [0.3, 0.4) is 0 Å². The van der Waals surface area contributed by atoms with Gasteiger partial charge in [0.25, 0.3) is 5.91 Å². The molecule has 0 fully saturated rings. The van der Waals surface area contributed by atoms with E-state index in [9.17, 15) is 18.0 Å². The van der Waals surface area contributed by atoms with Crippen molar-refractivity contribution in [2.45, 2.75) is 6.18 Å². The molecular weight excluding hydrogens is 333 g/mol. The van der Waals surface area contributed by atoms with E-state index in [1.807, 2.05) is 0 Å². The third-order valence-corrected chi connectivity index (χ3v) is 3.24. The SMILES string of the molecule is COc1ccc(/C=C(\C#N)C(=O)Nc2cccc(C(F)(F)F)c2)cc1. The van der Waals surface area contributed by atoms with Gasteiger partial charge in [-0.3, -0.25) is 4.79 Å². The molecule has 0 aliphatic rings. The average molecular weight is 346 g/mol. The molecule has 1 N–H and O–H groups in total. The average Bonchev–Trinajstić information content (AvgIpc) is 2.59. The van der Waals surface area contributed by atoms with Crippen molar-refractivity contribution in [2.24, 2.45) is 0 Å². The summed E-state index contributed by atoms with van der Waals surface area (Å²) in [6, 6.07) is 12.5. The second-order valence-electron chi connectivity index (χ2n) is 4.98. The minimum Gasteiger partial charge on any atom is -0.497 e. The number of alkyl halides is 3. The number of nitrogens with one attached hydrogen (secondary N) is 1. The zero-order valence-electron chi connectivity index (χ0n) is 13.1. The fourth-order valence-electron chi connectivity index (χ4n) is 1.99. The highest BCUT2D eigenvalue weighted by molar-refractivity contribution is 6.09. The quantitative estimate of drug-likeness (QED) is 0.665. The second-order valence-corrected chi connectivity index (χ2v) is 4.98. The fraction of sp³-hybridized carbons (Fsp3) is 0.111. The second kappa shape index (κ2) is 7.53. The summed E-state index contributed by atoms with van der Waals surface area (Å²) >= 11 is 0. The van der Waals surface area contributed by atoms with Crippen LogP contribution in [0.4, 0.5) is 18.9 Å². The highest BCUT2D eigenvalue weighted by Gasteiger charge is 2.30. The van der Waals surface area contributed by atoms with Gasteiger partial charge in [-0.25, -0.2) is 0 Å². The lowest BCUT2D eigenvalue weighted by Crippen LogP contribution is -2.14. The predicted molar refractivity (Wildman–Crippen MR) is 86.7 cm³/mol. The smallest absolute Gasteiger partial charge is 0.416 e. The van der Waals surface area contributed by atoms with Gasteiger partial charge in [0.05, 0.1) is 12.7 Å². The lowest BCUT2D eigenvalue weighted by molar-refractivity contribution is -0.137. The van der Waals surface area contributed by atoms with Crippen LogP contribution in [-0.2, 0) is 11.0 Å². The lowest BCUT2D eigenvalue weighted by Gasteiger charge is -2.09. The molecule has 2 aromatic rings. The van der Waals surface area contributed by atoms with Crippen LogP contribution in [0.15, 0.2) is 54.1 Å². The topological polar surface area (TPSA) is 62.1 Å². The zero-order chi connectivity index (χ0) is 18.4. The number of carbonyl (C=O) groups is 1. The number of ether oxygens (including phenoxy) is 1. The molecule has 0 saturated carbocycles. The van der Waals surface area contributed by atoms with E-state index in [1.165, 1.54) is 25.3 Å². The summed E-state index contributed by atoms with van der Waals surface area (Å²) in [4.78, 5) is 12.1. The Morgan fingerprint density at radius 1 is 1.20 bits per heavy atom. The van der Waals surface area contributed by atoms with Crippen LogP contribution < -0.4 is 10.1 Å². The first-order valence-corrected chi connectivity index (χ1v) is 7.08. The van der Waals surface area contributed by atoms with E-state index in [4.69, 9.17) is 10.00 Å². The van der Waals surface area contributed by atoms with E-state index >= 15 is 0 Å². The van der Waals surface area contributed by atoms with E-state index in [-0.39, 0.29) is 11.3 Å². The maximum absolute atomic E-state index is 12.7. The van der Waals surface area contributed by atoms with Crippen LogP contribution in [0.5, 0.6) is 5.75 Å². The number of amides is 1. The van der Waals surface area contributed by atoms with E-state index in [2.05, 4.69) is 5.32 Å². The van der Waals surface area contributed by atoms with E-state index in [0.29, 0.717) is 11.3 Å². The molecule has 0 unspecified atom stereocenters. The number of anilines is 1. The van der Waals surface area contributed by atoms with Crippen molar-refractivity contribution in [1.29, 1.82) is 5.26 Å². The van der Waals surface area contributed by atoms with Crippen molar-refractivity contribution in [3.63, 3.8) is 0 Å². The molecule has 0 radical (unpaired) electrons. The van der Waals surface area contributed by atoms with Crippen LogP contribution in [0, 0.1) is 11.3 Å². The van der Waals surface area contributed by atoms with Crippen LogP contribution in [0.2, 0.25) is 0 Å². The van der Waals surface area contributed by atoms with E-state index < -0.39 is 17.6 Å². The lowest BCUT2D eigenvalue weighted by atomic mass is 10.1. The fourth-order valence-corrected chi connectivity index (χ4v) is 1.99. The normalized spacial score (nSPS) is 11.6. The monoisotopic (exact) mass is 346 g/mol. The summed E-state index contributed by atoms with van der Waals surface area (Å²) in [5.41, 5.74) is -0.585. The first kappa shape index (κ1) is 18.1. The molecule has 0 bridgehead atoms. The molecule has 0 spiro atoms. The number of hydrogen-bond donors (Lipinski definition) is 1. The molecule has 0 aromatic heterocycles. The largest absolute Gasteiger partial charge is 0.497 e. The van der Waals surface area contributed by atoms with Crippen LogP contribution in [0.1, 0.15) is 11.1 Å². The molecule has 2 aromatic carbocycles. The molecule has 1 amide bonds. The molecule has 4 nitrogen and oxygen atoms in total. The van der Waals surface area contributed by atoms with Gasteiger partial charge >= 0.3 is 6.18 Å². The Labute approximate surface area is 142 Å². The van der Waals surface area contributed by atoms with Crippen LogP contribution in [-0.4, -0.2) is 13.0 Å². The Morgan fingerprint density at radius 3 is 2.44 bits per heavy atom. The summed E-state index contributed by atoms with van der Waals surface area (Å²) in [5, 5.41) is 11.4. The summed E-state index contributed by atoms with van der Waals surface area (Å²) < 4.78 is 43.1. The standard InChI is InChI=1S/C18H13F3N2O2/c1-25-16-7-5-12(6-8-16)9-13(11-22)17(24)23-15-4-2-3-14(10-15)18(19,20)21/h2-10H,1H3,(H,23,24)/b13-9+. The van der Waals surface area contributed by atoms with Gasteiger partial charge in [0.2, 0.25) is 0 Å². The third-order valence-electron chi connectivity index (χ3n) is 3.24. The molecule has 128 valence electrons. The zero-order valence-corrected chi connectivity index (χ0v) is 13.1. The number of methoxy groups -OCH3 is 1. The van der Waals surface area contributed by atoms with Gasteiger partial charge in [0.15, 0.2) is 0 Å². The van der Waals surface area contributed by atoms with Gasteiger partial charge in [-0.05, 0) is 42.0 Å². The van der Waals surface area contributed by atoms with Crippen molar-refractivity contribution in [3.05, 3.63) is 65.2 Å². The predicted octanol–water partition coefficient (Wildman–Crippen LogP) is 4.26. The first-order chi connectivity index (χ1) is 11.8. The van der Waals surface area contributed by atoms with Crippen molar-refractivity contribution in [2.75, 3.05) is 12.4 Å². The molecule has 0 aliphatic heterocycles. The Balaban J connectivity index is 2.20. The van der Waals surface area contributed by atoms with Gasteiger partial charge in [0.1, 0.15) is 17.4 Å². The molecule has 7 heteroatoms. The van der Waals surface area contributed by atoms with Gasteiger partial charge < -0.3 is 10.1 Å². The number of rotatable bonds is 4. The van der Waals surface area contributed by atoms with Crippen molar-refractivity contribution in [3.8, 4) is 11.8 Å². The minimum atomic E-state index is -4.52. The van der Waals surface area contributed by atoms with Crippen molar-refractivity contribution >= 4 is 17.7 Å². The highest BCUT2D eigenvalue weighted by Crippen LogP contribution is 2.30. The third kappa shape index (κ3) is 4.85.